The van der Waals surface area contributed by atoms with Gasteiger partial charge in [0.05, 0.1) is 4.83 Å². The largest absolute Gasteiger partial charge is 0.207 e. The van der Waals surface area contributed by atoms with Crippen molar-refractivity contribution in [1.29, 1.82) is 0 Å². The van der Waals surface area contributed by atoms with Crippen LogP contribution in [-0.2, 0) is 0 Å². The van der Waals surface area contributed by atoms with Gasteiger partial charge in [0.1, 0.15) is 11.6 Å². The molecule has 84 valence electrons. The highest BCUT2D eigenvalue weighted by atomic mass is 79.9. The number of halogens is 3. The Hall–Kier alpha value is -0.740. The average Bonchev–Trinajstić information content (AvgIpc) is 2.67. The second-order valence-corrected chi connectivity index (χ2v) is 5.20. The predicted molar refractivity (Wildman–Crippen MR) is 66.2 cm³/mol. The van der Waals surface area contributed by atoms with Crippen molar-refractivity contribution in [3.63, 3.8) is 0 Å². The molecular weight excluding hydrogens is 294 g/mol. The van der Waals surface area contributed by atoms with Gasteiger partial charge in [-0.25, -0.2) is 8.78 Å². The van der Waals surface area contributed by atoms with E-state index >= 15 is 0 Å². The monoisotopic (exact) mass is 302 g/mol. The van der Waals surface area contributed by atoms with Crippen molar-refractivity contribution in [3.8, 4) is 0 Å². The highest BCUT2D eigenvalue weighted by Crippen LogP contribution is 2.36. The molecule has 0 saturated heterocycles. The van der Waals surface area contributed by atoms with Crippen molar-refractivity contribution in [2.45, 2.75) is 11.8 Å². The molecular formula is C12H9BrF2S. The van der Waals surface area contributed by atoms with Crippen LogP contribution in [0.1, 0.15) is 21.5 Å². The van der Waals surface area contributed by atoms with E-state index in [-0.39, 0.29) is 4.83 Å². The van der Waals surface area contributed by atoms with E-state index in [2.05, 4.69) is 15.9 Å². The molecule has 1 aromatic carbocycles. The first-order valence-electron chi connectivity index (χ1n) is 4.71. The Morgan fingerprint density at radius 3 is 2.56 bits per heavy atom. The summed E-state index contributed by atoms with van der Waals surface area (Å²) in [7, 11) is 0. The summed E-state index contributed by atoms with van der Waals surface area (Å²) in [6, 6.07) is 3.51. The van der Waals surface area contributed by atoms with Crippen LogP contribution in [-0.4, -0.2) is 0 Å². The van der Waals surface area contributed by atoms with Gasteiger partial charge in [0, 0.05) is 5.56 Å². The molecule has 0 spiro atoms. The molecule has 0 nitrogen and oxygen atoms in total. The molecule has 1 atom stereocenters. The lowest BCUT2D eigenvalue weighted by atomic mass is 10.0. The van der Waals surface area contributed by atoms with Gasteiger partial charge in [-0.05, 0) is 47.0 Å². The maximum atomic E-state index is 13.6. The Labute approximate surface area is 105 Å². The van der Waals surface area contributed by atoms with Crippen LogP contribution < -0.4 is 0 Å². The fourth-order valence-electron chi connectivity index (χ4n) is 1.51. The zero-order valence-corrected chi connectivity index (χ0v) is 10.9. The lowest BCUT2D eigenvalue weighted by molar-refractivity contribution is 0.588. The quantitative estimate of drug-likeness (QED) is 0.698. The van der Waals surface area contributed by atoms with Crippen molar-refractivity contribution in [2.24, 2.45) is 0 Å². The Morgan fingerprint density at radius 2 is 1.94 bits per heavy atom. The lowest BCUT2D eigenvalue weighted by Gasteiger charge is -2.11. The van der Waals surface area contributed by atoms with E-state index in [4.69, 9.17) is 0 Å². The van der Waals surface area contributed by atoms with Gasteiger partial charge < -0.3 is 0 Å². The fourth-order valence-corrected chi connectivity index (χ4v) is 3.40. The zero-order valence-electron chi connectivity index (χ0n) is 8.51. The smallest absolute Gasteiger partial charge is 0.128 e. The molecule has 0 amide bonds. The molecule has 0 saturated carbocycles. The summed E-state index contributed by atoms with van der Waals surface area (Å²) in [6.45, 7) is 1.96. The number of aryl methyl sites for hydroxylation is 1. The minimum atomic E-state index is -0.422. The van der Waals surface area contributed by atoms with Crippen LogP contribution in [0.3, 0.4) is 0 Å². The minimum absolute atomic E-state index is 0.297. The zero-order chi connectivity index (χ0) is 11.7. The third-order valence-corrected chi connectivity index (χ3v) is 4.27. The molecule has 0 N–H and O–H groups in total. The average molecular weight is 303 g/mol. The first-order chi connectivity index (χ1) is 7.59. The number of alkyl halides is 1. The number of hydrogen-bond donors (Lipinski definition) is 0. The summed E-state index contributed by atoms with van der Waals surface area (Å²) in [5.74, 6) is -0.817. The number of hydrogen-bond acceptors (Lipinski definition) is 1. The summed E-state index contributed by atoms with van der Waals surface area (Å²) < 4.78 is 26.6. The number of thiophene rings is 1. The Morgan fingerprint density at radius 1 is 1.19 bits per heavy atom. The molecule has 0 aliphatic carbocycles. The van der Waals surface area contributed by atoms with Crippen LogP contribution >= 0.6 is 27.3 Å². The van der Waals surface area contributed by atoms with E-state index in [9.17, 15) is 8.78 Å². The topological polar surface area (TPSA) is 0 Å². The van der Waals surface area contributed by atoms with E-state index in [0.29, 0.717) is 5.56 Å². The molecule has 16 heavy (non-hydrogen) atoms. The third-order valence-electron chi connectivity index (χ3n) is 2.40. The number of benzene rings is 1. The van der Waals surface area contributed by atoms with E-state index in [1.165, 1.54) is 6.07 Å². The molecule has 2 rings (SSSR count). The minimum Gasteiger partial charge on any atom is -0.207 e. The summed E-state index contributed by atoms with van der Waals surface area (Å²) in [5, 5.41) is 3.93. The normalized spacial score (nSPS) is 12.8. The Balaban J connectivity index is 2.45. The van der Waals surface area contributed by atoms with Gasteiger partial charge in [-0.1, -0.05) is 15.9 Å². The predicted octanol–water partition coefficient (Wildman–Crippen LogP) is 4.82. The Kier molecular flexibility index (Phi) is 3.40. The molecule has 4 heteroatoms. The standard InChI is InChI=1S/C12H9BrF2S/c1-7-5-16-6-10(7)12(13)9-4-8(14)2-3-11(9)15/h2-6,12H,1H3. The van der Waals surface area contributed by atoms with Gasteiger partial charge in [0.15, 0.2) is 0 Å². The molecule has 0 aliphatic rings. The van der Waals surface area contributed by atoms with Crippen LogP contribution in [0.15, 0.2) is 29.0 Å². The third kappa shape index (κ3) is 2.18. The molecule has 0 bridgehead atoms. The van der Waals surface area contributed by atoms with Crippen molar-refractivity contribution in [1.82, 2.24) is 0 Å². The van der Waals surface area contributed by atoms with E-state index in [1.54, 1.807) is 11.3 Å². The van der Waals surface area contributed by atoms with Gasteiger partial charge in [-0.2, -0.15) is 11.3 Å². The maximum absolute atomic E-state index is 13.6. The van der Waals surface area contributed by atoms with Gasteiger partial charge in [-0.3, -0.25) is 0 Å². The summed E-state index contributed by atoms with van der Waals surface area (Å²) in [4.78, 5) is -0.297. The second-order valence-electron chi connectivity index (χ2n) is 3.54. The highest BCUT2D eigenvalue weighted by Gasteiger charge is 2.17. The molecule has 2 aromatic rings. The van der Waals surface area contributed by atoms with Gasteiger partial charge in [0.25, 0.3) is 0 Å². The van der Waals surface area contributed by atoms with Crippen LogP contribution in [0, 0.1) is 18.6 Å². The van der Waals surface area contributed by atoms with E-state index in [0.717, 1.165) is 23.3 Å². The van der Waals surface area contributed by atoms with Crippen molar-refractivity contribution in [3.05, 3.63) is 57.3 Å². The first-order valence-corrected chi connectivity index (χ1v) is 6.57. The summed E-state index contributed by atoms with van der Waals surface area (Å²) >= 11 is 4.96. The second kappa shape index (κ2) is 4.63. The lowest BCUT2D eigenvalue weighted by Crippen LogP contribution is -1.97. The van der Waals surface area contributed by atoms with Crippen LogP contribution in [0.2, 0.25) is 0 Å². The molecule has 1 unspecified atom stereocenters. The number of rotatable bonds is 2. The molecule has 1 aromatic heterocycles. The van der Waals surface area contributed by atoms with Crippen LogP contribution in [0.5, 0.6) is 0 Å². The van der Waals surface area contributed by atoms with E-state index < -0.39 is 11.6 Å². The molecule has 0 fully saturated rings. The maximum Gasteiger partial charge on any atom is 0.128 e. The van der Waals surface area contributed by atoms with Crippen molar-refractivity contribution < 1.29 is 8.78 Å². The Bertz CT molecular complexity index is 507. The van der Waals surface area contributed by atoms with Crippen LogP contribution in [0.4, 0.5) is 8.78 Å². The van der Waals surface area contributed by atoms with Crippen molar-refractivity contribution in [2.75, 3.05) is 0 Å². The van der Waals surface area contributed by atoms with Crippen LogP contribution in [0.25, 0.3) is 0 Å². The van der Waals surface area contributed by atoms with Crippen molar-refractivity contribution >= 4 is 27.3 Å². The molecule has 0 aliphatic heterocycles. The SMILES string of the molecule is Cc1cscc1C(Br)c1cc(F)ccc1F. The van der Waals surface area contributed by atoms with Gasteiger partial charge >= 0.3 is 0 Å². The molecule has 1 heterocycles. The van der Waals surface area contributed by atoms with Gasteiger partial charge in [0.2, 0.25) is 0 Å². The first kappa shape index (κ1) is 11.7. The summed E-state index contributed by atoms with van der Waals surface area (Å²) in [6.07, 6.45) is 0. The van der Waals surface area contributed by atoms with E-state index in [1.807, 2.05) is 17.7 Å². The fraction of sp³-hybridized carbons (Fsp3) is 0.167. The van der Waals surface area contributed by atoms with Gasteiger partial charge in [-0.15, -0.1) is 0 Å². The molecule has 0 radical (unpaired) electrons. The highest BCUT2D eigenvalue weighted by molar-refractivity contribution is 9.09. The summed E-state index contributed by atoms with van der Waals surface area (Å²) in [5.41, 5.74) is 2.39.